The fourth-order valence-corrected chi connectivity index (χ4v) is 4.06. The summed E-state index contributed by atoms with van der Waals surface area (Å²) in [6.45, 7) is 10.1. The van der Waals surface area contributed by atoms with E-state index in [0.29, 0.717) is 12.3 Å². The molecule has 0 aliphatic heterocycles. The Labute approximate surface area is 163 Å². The average Bonchev–Trinajstić information content (AvgIpc) is 2.89. The van der Waals surface area contributed by atoms with Crippen LogP contribution in [0.15, 0.2) is 41.1 Å². The predicted octanol–water partition coefficient (Wildman–Crippen LogP) is 6.23. The van der Waals surface area contributed by atoms with Gasteiger partial charge in [0.1, 0.15) is 18.1 Å². The first-order valence-corrected chi connectivity index (χ1v) is 13.2. The van der Waals surface area contributed by atoms with Crippen LogP contribution in [0.25, 0.3) is 22.2 Å². The highest BCUT2D eigenvalue weighted by atomic mass is 79.9. The molecule has 0 aliphatic carbocycles. The lowest BCUT2D eigenvalue weighted by Crippen LogP contribution is -2.21. The van der Waals surface area contributed by atoms with Crippen molar-refractivity contribution in [2.75, 3.05) is 6.61 Å². The monoisotopic (exact) mass is 434 g/mol. The highest BCUT2D eigenvalue weighted by Gasteiger charge is 2.13. The highest BCUT2D eigenvalue weighted by Crippen LogP contribution is 2.29. The normalized spacial score (nSPS) is 12.1. The fourth-order valence-electron chi connectivity index (χ4n) is 2.75. The van der Waals surface area contributed by atoms with Gasteiger partial charge in [-0.15, -0.1) is 0 Å². The molecule has 0 saturated heterocycles. The van der Waals surface area contributed by atoms with Gasteiger partial charge in [0.15, 0.2) is 0 Å². The molecule has 0 bridgehead atoms. The van der Waals surface area contributed by atoms with Crippen molar-refractivity contribution in [2.45, 2.75) is 39.3 Å². The Morgan fingerprint density at radius 3 is 2.65 bits per heavy atom. The van der Waals surface area contributed by atoms with Crippen molar-refractivity contribution in [3.63, 3.8) is 0 Å². The third-order valence-corrected chi connectivity index (χ3v) is 6.67. The molecule has 0 radical (unpaired) electrons. The summed E-state index contributed by atoms with van der Waals surface area (Å²) in [6, 6.07) is 8.37. The van der Waals surface area contributed by atoms with Gasteiger partial charge in [0.2, 0.25) is 0 Å². The zero-order valence-corrected chi connectivity index (χ0v) is 18.2. The van der Waals surface area contributed by atoms with Gasteiger partial charge in [0.25, 0.3) is 0 Å². The van der Waals surface area contributed by atoms with Gasteiger partial charge in [0.05, 0.1) is 9.99 Å². The molecule has 0 fully saturated rings. The Morgan fingerprint density at radius 1 is 1.19 bits per heavy atom. The largest absolute Gasteiger partial charge is 0.361 e. The Balaban J connectivity index is 1.86. The maximum atomic E-state index is 13.6. The molecule has 3 aromatic rings. The summed E-state index contributed by atoms with van der Waals surface area (Å²) in [5.74, 6) is -0.190. The van der Waals surface area contributed by atoms with Gasteiger partial charge < -0.3 is 9.30 Å². The number of hydrogen-bond acceptors (Lipinski definition) is 2. The van der Waals surface area contributed by atoms with Crippen molar-refractivity contribution < 1.29 is 9.13 Å². The maximum absolute atomic E-state index is 13.6. The molecule has 3 nitrogen and oxygen atoms in total. The first-order valence-electron chi connectivity index (χ1n) is 8.73. The molecule has 6 heteroatoms. The molecule has 0 N–H and O–H groups in total. The van der Waals surface area contributed by atoms with E-state index in [-0.39, 0.29) is 5.82 Å². The summed E-state index contributed by atoms with van der Waals surface area (Å²) in [4.78, 5) is 4.59. The lowest BCUT2D eigenvalue weighted by Gasteiger charge is -2.15. The highest BCUT2D eigenvalue weighted by molar-refractivity contribution is 9.10. The van der Waals surface area contributed by atoms with Crippen molar-refractivity contribution >= 4 is 35.0 Å². The van der Waals surface area contributed by atoms with Gasteiger partial charge >= 0.3 is 0 Å². The summed E-state index contributed by atoms with van der Waals surface area (Å²) in [6.07, 6.45) is 3.84. The molecule has 2 aromatic heterocycles. The van der Waals surface area contributed by atoms with E-state index in [1.165, 1.54) is 6.07 Å². The summed E-state index contributed by atoms with van der Waals surface area (Å²) in [7, 11) is -1.09. The summed E-state index contributed by atoms with van der Waals surface area (Å²) in [5, 5.41) is 0. The predicted molar refractivity (Wildman–Crippen MR) is 112 cm³/mol. The molecule has 0 spiro atoms. The van der Waals surface area contributed by atoms with Crippen LogP contribution in [0.4, 0.5) is 4.39 Å². The van der Waals surface area contributed by atoms with E-state index in [0.717, 1.165) is 39.3 Å². The van der Waals surface area contributed by atoms with E-state index < -0.39 is 8.07 Å². The smallest absolute Gasteiger partial charge is 0.126 e. The average molecular weight is 435 g/mol. The Bertz CT molecular complexity index is 933. The summed E-state index contributed by atoms with van der Waals surface area (Å²) < 4.78 is 22.5. The van der Waals surface area contributed by atoms with E-state index >= 15 is 0 Å². The van der Waals surface area contributed by atoms with E-state index in [2.05, 4.69) is 51.2 Å². The van der Waals surface area contributed by atoms with Crippen molar-refractivity contribution in [1.82, 2.24) is 9.55 Å². The van der Waals surface area contributed by atoms with Gasteiger partial charge in [-0.3, -0.25) is 4.98 Å². The third kappa shape index (κ3) is 4.42. The molecular weight excluding hydrogens is 411 g/mol. The number of halogens is 2. The summed E-state index contributed by atoms with van der Waals surface area (Å²) >= 11 is 3.58. The van der Waals surface area contributed by atoms with Crippen LogP contribution in [-0.4, -0.2) is 24.2 Å². The van der Waals surface area contributed by atoms with Crippen LogP contribution < -0.4 is 0 Å². The number of aryl methyl sites for hydroxylation is 1. The van der Waals surface area contributed by atoms with Gasteiger partial charge in [-0.05, 0) is 58.2 Å². The second-order valence-corrected chi connectivity index (χ2v) is 14.3. The molecule has 138 valence electrons. The van der Waals surface area contributed by atoms with Crippen LogP contribution in [0, 0.1) is 12.7 Å². The number of aromatic nitrogens is 2. The van der Waals surface area contributed by atoms with Crippen LogP contribution in [-0.2, 0) is 11.5 Å². The van der Waals surface area contributed by atoms with Crippen molar-refractivity contribution in [1.29, 1.82) is 0 Å². The number of benzene rings is 1. The van der Waals surface area contributed by atoms with Crippen molar-refractivity contribution in [3.8, 4) is 11.1 Å². The number of ether oxygens (including phenoxy) is 1. The Kier molecular flexibility index (Phi) is 5.65. The fraction of sp³-hybridized carbons (Fsp3) is 0.350. The molecule has 1 aromatic carbocycles. The third-order valence-electron chi connectivity index (χ3n) is 4.39. The standard InChI is InChI=1S/C20H24BrFN2OSi/c1-14-9-15(5-6-18(14)22)16-10-19-20(23-11-16)17(21)12-24(19)13-25-7-8-26(2,3)4/h5-6,9-12H,7-8,13H2,1-4H3. The number of fused-ring (bicyclic) bond motifs is 1. The number of pyridine rings is 1. The lowest BCUT2D eigenvalue weighted by atomic mass is 10.0. The van der Waals surface area contributed by atoms with E-state index in [1.54, 1.807) is 13.0 Å². The first kappa shape index (κ1) is 19.3. The van der Waals surface area contributed by atoms with Gasteiger partial charge in [0, 0.05) is 32.6 Å². The zero-order chi connectivity index (χ0) is 18.9. The van der Waals surface area contributed by atoms with Crippen LogP contribution in [0.1, 0.15) is 5.56 Å². The maximum Gasteiger partial charge on any atom is 0.126 e. The minimum Gasteiger partial charge on any atom is -0.361 e. The Morgan fingerprint density at radius 2 is 1.96 bits per heavy atom. The minimum atomic E-state index is -1.09. The molecule has 0 saturated carbocycles. The number of nitrogens with zero attached hydrogens (tertiary/aromatic N) is 2. The molecule has 26 heavy (non-hydrogen) atoms. The number of hydrogen-bond donors (Lipinski definition) is 0. The van der Waals surface area contributed by atoms with E-state index in [1.807, 2.05) is 18.5 Å². The second kappa shape index (κ2) is 7.62. The summed E-state index contributed by atoms with van der Waals surface area (Å²) in [5.41, 5.74) is 4.47. The molecule has 0 amide bonds. The molecule has 0 aliphatic rings. The molecule has 0 unspecified atom stereocenters. The van der Waals surface area contributed by atoms with Gasteiger partial charge in [-0.2, -0.15) is 0 Å². The Hall–Kier alpha value is -1.50. The first-order chi connectivity index (χ1) is 12.2. The SMILES string of the molecule is Cc1cc(-c2cnc3c(Br)cn(COCC[Si](C)(C)C)c3c2)ccc1F. The molecule has 3 rings (SSSR count). The van der Waals surface area contributed by atoms with E-state index in [4.69, 9.17) is 4.74 Å². The minimum absolute atomic E-state index is 0.190. The quantitative estimate of drug-likeness (QED) is 0.339. The van der Waals surface area contributed by atoms with Crippen molar-refractivity contribution in [3.05, 3.63) is 52.5 Å². The second-order valence-electron chi connectivity index (χ2n) is 7.85. The molecule has 0 atom stereocenters. The van der Waals surface area contributed by atoms with Gasteiger partial charge in [-0.25, -0.2) is 4.39 Å². The number of rotatable bonds is 6. The van der Waals surface area contributed by atoms with Crippen LogP contribution in [0.2, 0.25) is 25.7 Å². The van der Waals surface area contributed by atoms with Crippen LogP contribution in [0.5, 0.6) is 0 Å². The zero-order valence-electron chi connectivity index (χ0n) is 15.6. The molecule has 2 heterocycles. The van der Waals surface area contributed by atoms with Crippen LogP contribution >= 0.6 is 15.9 Å². The van der Waals surface area contributed by atoms with Crippen LogP contribution in [0.3, 0.4) is 0 Å². The lowest BCUT2D eigenvalue weighted by molar-refractivity contribution is 0.0902. The topological polar surface area (TPSA) is 27.1 Å². The molecular formula is C20H24BrFN2OSi. The van der Waals surface area contributed by atoms with Gasteiger partial charge in [-0.1, -0.05) is 25.7 Å². The van der Waals surface area contributed by atoms with Crippen molar-refractivity contribution in [2.24, 2.45) is 0 Å². The van der Waals surface area contributed by atoms with E-state index in [9.17, 15) is 4.39 Å².